The van der Waals surface area contributed by atoms with Crippen LogP contribution >= 0.6 is 11.6 Å². The van der Waals surface area contributed by atoms with Gasteiger partial charge in [0.15, 0.2) is 0 Å². The Morgan fingerprint density at radius 2 is 2.21 bits per heavy atom. The molecule has 0 radical (unpaired) electrons. The van der Waals surface area contributed by atoms with Crippen LogP contribution in [0.4, 0.5) is 14.9 Å². The lowest BCUT2D eigenvalue weighted by molar-refractivity contribution is 0.208. The van der Waals surface area contributed by atoms with E-state index in [2.05, 4.69) is 10.6 Å². The van der Waals surface area contributed by atoms with Crippen molar-refractivity contribution >= 4 is 23.3 Å². The first kappa shape index (κ1) is 15.7. The van der Waals surface area contributed by atoms with Crippen molar-refractivity contribution < 1.29 is 14.3 Å². The van der Waals surface area contributed by atoms with E-state index in [0.29, 0.717) is 18.5 Å². The Bertz CT molecular complexity index is 456. The van der Waals surface area contributed by atoms with E-state index in [-0.39, 0.29) is 11.6 Å². The number of halogens is 2. The SMILES string of the molecule is CCC(C)(CCO)NC(=O)Nc1ccc(F)cc1Cl. The van der Waals surface area contributed by atoms with Crippen molar-refractivity contribution in [3.05, 3.63) is 29.0 Å². The third-order valence-electron chi connectivity index (χ3n) is 3.04. The number of urea groups is 1. The van der Waals surface area contributed by atoms with E-state index in [1.807, 2.05) is 13.8 Å². The lowest BCUT2D eigenvalue weighted by Gasteiger charge is -2.29. The zero-order chi connectivity index (χ0) is 14.5. The van der Waals surface area contributed by atoms with Crippen molar-refractivity contribution in [2.24, 2.45) is 0 Å². The van der Waals surface area contributed by atoms with Gasteiger partial charge in [-0.2, -0.15) is 0 Å². The summed E-state index contributed by atoms with van der Waals surface area (Å²) in [6.07, 6.45) is 1.13. The predicted octanol–water partition coefficient (Wildman–Crippen LogP) is 3.15. The second-order valence-corrected chi connectivity index (χ2v) is 5.00. The van der Waals surface area contributed by atoms with Gasteiger partial charge in [-0.1, -0.05) is 18.5 Å². The van der Waals surface area contributed by atoms with Crippen molar-refractivity contribution in [3.63, 3.8) is 0 Å². The van der Waals surface area contributed by atoms with Gasteiger partial charge in [0.05, 0.1) is 10.7 Å². The molecule has 1 atom stereocenters. The van der Waals surface area contributed by atoms with E-state index < -0.39 is 17.4 Å². The maximum Gasteiger partial charge on any atom is 0.319 e. The molecule has 3 N–H and O–H groups in total. The molecule has 0 bridgehead atoms. The molecule has 4 nitrogen and oxygen atoms in total. The highest BCUT2D eigenvalue weighted by atomic mass is 35.5. The number of anilines is 1. The van der Waals surface area contributed by atoms with Crippen LogP contribution < -0.4 is 10.6 Å². The second kappa shape index (κ2) is 6.73. The quantitative estimate of drug-likeness (QED) is 0.779. The first-order chi connectivity index (χ1) is 8.90. The minimum Gasteiger partial charge on any atom is -0.396 e. The molecule has 1 aromatic rings. The summed E-state index contributed by atoms with van der Waals surface area (Å²) in [6, 6.07) is 3.30. The van der Waals surface area contributed by atoms with Crippen molar-refractivity contribution in [1.29, 1.82) is 0 Å². The molecule has 0 fully saturated rings. The Labute approximate surface area is 117 Å². The molecule has 6 heteroatoms. The molecule has 0 aromatic heterocycles. The fraction of sp³-hybridized carbons (Fsp3) is 0.462. The number of hydrogen-bond acceptors (Lipinski definition) is 2. The van der Waals surface area contributed by atoms with Gasteiger partial charge in [-0.15, -0.1) is 0 Å². The minimum absolute atomic E-state index is 0.0120. The van der Waals surface area contributed by atoms with Crippen LogP contribution in [0.25, 0.3) is 0 Å². The number of nitrogens with one attached hydrogen (secondary N) is 2. The first-order valence-electron chi connectivity index (χ1n) is 6.05. The Hall–Kier alpha value is -1.33. The molecule has 0 aliphatic carbocycles. The van der Waals surface area contributed by atoms with E-state index in [0.717, 1.165) is 6.07 Å². The van der Waals surface area contributed by atoms with E-state index in [4.69, 9.17) is 16.7 Å². The van der Waals surface area contributed by atoms with Crippen LogP contribution in [0.1, 0.15) is 26.7 Å². The summed E-state index contributed by atoms with van der Waals surface area (Å²) >= 11 is 5.82. The molecule has 0 aliphatic heterocycles. The molecule has 1 unspecified atom stereocenters. The van der Waals surface area contributed by atoms with Crippen LogP contribution in [-0.2, 0) is 0 Å². The molecular weight excluding hydrogens is 271 g/mol. The van der Waals surface area contributed by atoms with Gasteiger partial charge in [-0.05, 0) is 38.0 Å². The number of aliphatic hydroxyl groups is 1. The number of benzene rings is 1. The van der Waals surface area contributed by atoms with Crippen LogP contribution in [0.15, 0.2) is 18.2 Å². The molecule has 19 heavy (non-hydrogen) atoms. The van der Waals surface area contributed by atoms with Crippen LogP contribution in [0.3, 0.4) is 0 Å². The lowest BCUT2D eigenvalue weighted by Crippen LogP contribution is -2.48. The Balaban J connectivity index is 2.69. The number of rotatable bonds is 5. The molecule has 0 aliphatic rings. The highest BCUT2D eigenvalue weighted by Crippen LogP contribution is 2.22. The van der Waals surface area contributed by atoms with Crippen molar-refractivity contribution in [2.45, 2.75) is 32.2 Å². The van der Waals surface area contributed by atoms with E-state index >= 15 is 0 Å². The Morgan fingerprint density at radius 3 is 2.74 bits per heavy atom. The lowest BCUT2D eigenvalue weighted by atomic mass is 9.95. The van der Waals surface area contributed by atoms with Crippen LogP contribution in [-0.4, -0.2) is 23.3 Å². The van der Waals surface area contributed by atoms with Crippen molar-refractivity contribution in [3.8, 4) is 0 Å². The number of hydrogen-bond donors (Lipinski definition) is 3. The largest absolute Gasteiger partial charge is 0.396 e. The van der Waals surface area contributed by atoms with Gasteiger partial charge < -0.3 is 15.7 Å². The first-order valence-corrected chi connectivity index (χ1v) is 6.43. The van der Waals surface area contributed by atoms with Crippen LogP contribution in [0.5, 0.6) is 0 Å². The molecule has 1 aromatic carbocycles. The summed E-state index contributed by atoms with van der Waals surface area (Å²) in [5.41, 5.74) is -0.159. The topological polar surface area (TPSA) is 61.4 Å². The fourth-order valence-electron chi connectivity index (χ4n) is 1.59. The Kier molecular flexibility index (Phi) is 5.57. The number of aliphatic hydroxyl groups excluding tert-OH is 1. The molecule has 2 amide bonds. The van der Waals surface area contributed by atoms with E-state index in [1.54, 1.807) is 0 Å². The maximum absolute atomic E-state index is 12.9. The monoisotopic (exact) mass is 288 g/mol. The second-order valence-electron chi connectivity index (χ2n) is 4.59. The number of carbonyl (C=O) groups is 1. The van der Waals surface area contributed by atoms with Crippen LogP contribution in [0.2, 0.25) is 5.02 Å². The molecule has 0 saturated carbocycles. The normalized spacial score (nSPS) is 13.7. The van der Waals surface area contributed by atoms with E-state index in [9.17, 15) is 9.18 Å². The summed E-state index contributed by atoms with van der Waals surface area (Å²) in [7, 11) is 0. The van der Waals surface area contributed by atoms with Gasteiger partial charge >= 0.3 is 6.03 Å². The summed E-state index contributed by atoms with van der Waals surface area (Å²) in [4.78, 5) is 11.8. The smallest absolute Gasteiger partial charge is 0.319 e. The highest BCUT2D eigenvalue weighted by Gasteiger charge is 2.23. The minimum atomic E-state index is -0.495. The van der Waals surface area contributed by atoms with Crippen LogP contribution in [0, 0.1) is 5.82 Å². The molecule has 106 valence electrons. The molecule has 0 heterocycles. The summed E-state index contributed by atoms with van der Waals surface area (Å²) < 4.78 is 12.9. The van der Waals surface area contributed by atoms with Gasteiger partial charge in [0.2, 0.25) is 0 Å². The molecule has 0 spiro atoms. The van der Waals surface area contributed by atoms with E-state index in [1.165, 1.54) is 12.1 Å². The average Bonchev–Trinajstić information content (AvgIpc) is 2.33. The third kappa shape index (κ3) is 4.69. The van der Waals surface area contributed by atoms with Gasteiger partial charge in [0, 0.05) is 12.1 Å². The summed E-state index contributed by atoms with van der Waals surface area (Å²) in [6.45, 7) is 3.75. The van der Waals surface area contributed by atoms with Crippen molar-refractivity contribution in [1.82, 2.24) is 5.32 Å². The van der Waals surface area contributed by atoms with Gasteiger partial charge in [0.1, 0.15) is 5.82 Å². The van der Waals surface area contributed by atoms with Gasteiger partial charge in [-0.25, -0.2) is 9.18 Å². The molecule has 1 rings (SSSR count). The molecular formula is C13H18ClFN2O2. The third-order valence-corrected chi connectivity index (χ3v) is 3.35. The fourth-order valence-corrected chi connectivity index (χ4v) is 1.81. The number of amides is 2. The zero-order valence-electron chi connectivity index (χ0n) is 11.0. The Morgan fingerprint density at radius 1 is 1.53 bits per heavy atom. The summed E-state index contributed by atoms with van der Waals surface area (Å²) in [5, 5.41) is 14.4. The zero-order valence-corrected chi connectivity index (χ0v) is 11.7. The summed E-state index contributed by atoms with van der Waals surface area (Å²) in [5.74, 6) is -0.463. The standard InChI is InChI=1S/C13H18ClFN2O2/c1-3-13(2,6-7-18)17-12(19)16-11-5-4-9(15)8-10(11)14/h4-5,8,18H,3,6-7H2,1-2H3,(H2,16,17,19). The molecule has 0 saturated heterocycles. The van der Waals surface area contributed by atoms with Crippen molar-refractivity contribution in [2.75, 3.05) is 11.9 Å². The average molecular weight is 289 g/mol. The highest BCUT2D eigenvalue weighted by molar-refractivity contribution is 6.33. The predicted molar refractivity (Wildman–Crippen MR) is 74.0 cm³/mol. The number of carbonyl (C=O) groups excluding carboxylic acids is 1. The van der Waals surface area contributed by atoms with Gasteiger partial charge in [-0.3, -0.25) is 0 Å². The maximum atomic E-state index is 12.9. The van der Waals surface area contributed by atoms with Gasteiger partial charge in [0.25, 0.3) is 0 Å².